The molecule has 164 valence electrons. The summed E-state index contributed by atoms with van der Waals surface area (Å²) in [7, 11) is -9.82. The van der Waals surface area contributed by atoms with Crippen LogP contribution in [0.2, 0.25) is 0 Å². The van der Waals surface area contributed by atoms with Crippen LogP contribution in [0.3, 0.4) is 0 Å². The second-order valence-electron chi connectivity index (χ2n) is 6.38. The van der Waals surface area contributed by atoms with Gasteiger partial charge < -0.3 is 9.47 Å². The van der Waals surface area contributed by atoms with Gasteiger partial charge in [-0.2, -0.15) is 0 Å². The molecule has 0 aliphatic rings. The molecular formula is C20H19F5O4S. The number of hydrogen-bond acceptors (Lipinski definition) is 4. The molecule has 2 aromatic rings. The maximum absolute atomic E-state index is 12.5. The van der Waals surface area contributed by atoms with Crippen molar-refractivity contribution >= 4 is 22.2 Å². The quantitative estimate of drug-likeness (QED) is 0.256. The molecule has 10 heteroatoms. The number of allylic oxidation sites excluding steroid dienone is 1. The Labute approximate surface area is 170 Å². The number of carbonyl (C=O) groups excluding carboxylic acids is 2. The number of rotatable bonds is 9. The lowest BCUT2D eigenvalue weighted by Crippen LogP contribution is -2.27. The van der Waals surface area contributed by atoms with Gasteiger partial charge in [0.1, 0.15) is 13.2 Å². The predicted molar refractivity (Wildman–Crippen MR) is 103 cm³/mol. The Kier molecular flexibility index (Phi) is 6.60. The van der Waals surface area contributed by atoms with Gasteiger partial charge in [0, 0.05) is 0 Å². The first-order valence-electron chi connectivity index (χ1n) is 8.66. The minimum atomic E-state index is -9.82. The summed E-state index contributed by atoms with van der Waals surface area (Å²) >= 11 is 0. The summed E-state index contributed by atoms with van der Waals surface area (Å²) in [5, 5.41) is -1.19. The fourth-order valence-electron chi connectivity index (χ4n) is 2.32. The first kappa shape index (κ1) is 23.4. The largest absolute Gasteiger partial charge is 0.460 e. The first-order chi connectivity index (χ1) is 13.8. The highest BCUT2D eigenvalue weighted by Crippen LogP contribution is 2.99. The van der Waals surface area contributed by atoms with Crippen LogP contribution in [0.15, 0.2) is 72.1 Å². The maximum Gasteiger partial charge on any atom is 0.320 e. The molecule has 0 aliphatic carbocycles. The van der Waals surface area contributed by atoms with Crippen LogP contribution in [-0.4, -0.2) is 11.9 Å². The smallest absolute Gasteiger partial charge is 0.320 e. The van der Waals surface area contributed by atoms with E-state index in [0.717, 1.165) is 0 Å². The van der Waals surface area contributed by atoms with Gasteiger partial charge in [-0.25, -0.2) is 0 Å². The molecule has 0 atom stereocenters. The summed E-state index contributed by atoms with van der Waals surface area (Å²) in [5.74, 6) is -4.18. The molecule has 0 unspecified atom stereocenters. The van der Waals surface area contributed by atoms with Crippen LogP contribution in [0.5, 0.6) is 0 Å². The molecule has 0 aromatic heterocycles. The van der Waals surface area contributed by atoms with Crippen molar-refractivity contribution in [3.05, 3.63) is 83.3 Å². The highest BCUT2D eigenvalue weighted by molar-refractivity contribution is 8.48. The second kappa shape index (κ2) is 8.47. The van der Waals surface area contributed by atoms with Crippen LogP contribution in [-0.2, 0) is 32.3 Å². The standard InChI is InChI=1S/C20H19F5O4S/c21-30(22,23,24,25)13-7-12-18(19(26)28-14-16-8-3-1-4-9-16)20(27)29-15-17-10-5-2-6-11-17/h1-11,13,18H,12,14-15H2/b13-7+. The molecular weight excluding hydrogens is 431 g/mol. The normalized spacial score (nSPS) is 14.2. The number of hydrogen-bond donors (Lipinski definition) is 0. The number of ether oxygens (including phenoxy) is 2. The fraction of sp³-hybridized carbons (Fsp3) is 0.200. The van der Waals surface area contributed by atoms with Gasteiger partial charge >= 0.3 is 22.2 Å². The topological polar surface area (TPSA) is 52.6 Å². The third-order valence-corrected chi connectivity index (χ3v) is 4.45. The van der Waals surface area contributed by atoms with Crippen LogP contribution < -0.4 is 0 Å². The van der Waals surface area contributed by atoms with E-state index in [2.05, 4.69) is 0 Å². The van der Waals surface area contributed by atoms with Crippen molar-refractivity contribution in [2.75, 3.05) is 0 Å². The van der Waals surface area contributed by atoms with Crippen molar-refractivity contribution in [2.24, 2.45) is 5.92 Å². The van der Waals surface area contributed by atoms with Gasteiger partial charge in [-0.15, -0.1) is 0 Å². The lowest BCUT2D eigenvalue weighted by Gasteiger charge is -2.36. The van der Waals surface area contributed by atoms with Crippen molar-refractivity contribution in [2.45, 2.75) is 19.6 Å². The SMILES string of the molecule is O=C(OCc1ccccc1)C(C/C=C/S(F)(F)(F)(F)F)C(=O)OCc1ccccc1. The van der Waals surface area contributed by atoms with Gasteiger partial charge in [0.2, 0.25) is 0 Å². The van der Waals surface area contributed by atoms with Crippen molar-refractivity contribution in [3.8, 4) is 0 Å². The summed E-state index contributed by atoms with van der Waals surface area (Å²) in [6.45, 7) is -0.485. The monoisotopic (exact) mass is 450 g/mol. The number of halogens is 5. The van der Waals surface area contributed by atoms with Gasteiger partial charge in [0.15, 0.2) is 5.92 Å². The summed E-state index contributed by atoms with van der Waals surface area (Å²) in [6.07, 6.45) is -0.910. The third kappa shape index (κ3) is 9.08. The van der Waals surface area contributed by atoms with E-state index < -0.39 is 39.9 Å². The van der Waals surface area contributed by atoms with Crippen LogP contribution >= 0.6 is 10.2 Å². The zero-order valence-electron chi connectivity index (χ0n) is 15.6. The van der Waals surface area contributed by atoms with Crippen LogP contribution in [0.25, 0.3) is 0 Å². The number of benzene rings is 2. The van der Waals surface area contributed by atoms with Crippen molar-refractivity contribution < 1.29 is 38.5 Å². The lowest BCUT2D eigenvalue weighted by atomic mass is 10.1. The molecule has 0 bridgehead atoms. The molecule has 4 nitrogen and oxygen atoms in total. The Hall–Kier alpha value is -2.88. The Morgan fingerprint density at radius 1 is 0.767 bits per heavy atom. The first-order valence-corrected chi connectivity index (χ1v) is 10.7. The molecule has 0 saturated heterocycles. The summed E-state index contributed by atoms with van der Waals surface area (Å²) in [4.78, 5) is 24.5. The Morgan fingerprint density at radius 2 is 1.17 bits per heavy atom. The second-order valence-corrected chi connectivity index (χ2v) is 8.70. The van der Waals surface area contributed by atoms with E-state index in [1.165, 1.54) is 0 Å². The molecule has 0 N–H and O–H groups in total. The zero-order valence-corrected chi connectivity index (χ0v) is 16.4. The molecule has 0 spiro atoms. The number of carbonyl (C=O) groups is 2. The van der Waals surface area contributed by atoms with Crippen molar-refractivity contribution in [1.29, 1.82) is 0 Å². The highest BCUT2D eigenvalue weighted by Gasteiger charge is 2.60. The Balaban J connectivity index is 2.08. The molecule has 2 aromatic carbocycles. The fourth-order valence-corrected chi connectivity index (χ4v) is 2.80. The molecule has 0 aliphatic heterocycles. The van der Waals surface area contributed by atoms with E-state index in [0.29, 0.717) is 11.1 Å². The van der Waals surface area contributed by atoms with Crippen molar-refractivity contribution in [1.82, 2.24) is 0 Å². The summed E-state index contributed by atoms with van der Waals surface area (Å²) in [6, 6.07) is 16.7. The van der Waals surface area contributed by atoms with E-state index in [9.17, 15) is 29.0 Å². The van der Waals surface area contributed by atoms with Crippen LogP contribution in [0, 0.1) is 5.92 Å². The Bertz CT molecular complexity index is 844. The molecule has 0 radical (unpaired) electrons. The minimum absolute atomic E-state index is 0.0414. The molecule has 0 amide bonds. The zero-order chi connectivity index (χ0) is 22.3. The van der Waals surface area contributed by atoms with E-state index >= 15 is 0 Å². The molecule has 0 saturated carbocycles. The molecule has 30 heavy (non-hydrogen) atoms. The summed E-state index contributed by atoms with van der Waals surface area (Å²) < 4.78 is 72.4. The molecule has 0 fully saturated rings. The van der Waals surface area contributed by atoms with Crippen LogP contribution in [0.1, 0.15) is 17.5 Å². The van der Waals surface area contributed by atoms with Crippen molar-refractivity contribution in [3.63, 3.8) is 0 Å². The number of esters is 2. The van der Waals surface area contributed by atoms with E-state index in [1.807, 2.05) is 0 Å². The van der Waals surface area contributed by atoms with E-state index in [1.54, 1.807) is 60.7 Å². The van der Waals surface area contributed by atoms with Gasteiger partial charge in [0.25, 0.3) is 0 Å². The van der Waals surface area contributed by atoms with E-state index in [-0.39, 0.29) is 19.3 Å². The average molecular weight is 450 g/mol. The maximum atomic E-state index is 12.5. The van der Waals surface area contributed by atoms with Crippen LogP contribution in [0.4, 0.5) is 19.4 Å². The molecule has 2 rings (SSSR count). The third-order valence-electron chi connectivity index (χ3n) is 3.74. The van der Waals surface area contributed by atoms with Gasteiger partial charge in [-0.1, -0.05) is 86.2 Å². The van der Waals surface area contributed by atoms with Gasteiger partial charge in [0.05, 0.1) is 5.41 Å². The lowest BCUT2D eigenvalue weighted by molar-refractivity contribution is -0.163. The highest BCUT2D eigenvalue weighted by atomic mass is 32.5. The predicted octanol–water partition coefficient (Wildman–Crippen LogP) is 6.29. The van der Waals surface area contributed by atoms with E-state index in [4.69, 9.17) is 9.47 Å². The van der Waals surface area contributed by atoms with Gasteiger partial charge in [-0.05, 0) is 17.5 Å². The Morgan fingerprint density at radius 3 is 1.53 bits per heavy atom. The summed E-state index contributed by atoms with van der Waals surface area (Å²) in [5.41, 5.74) is 1.15. The minimum Gasteiger partial charge on any atom is -0.460 e. The molecule has 0 heterocycles. The van der Waals surface area contributed by atoms with Gasteiger partial charge in [-0.3, -0.25) is 9.59 Å². The average Bonchev–Trinajstić information content (AvgIpc) is 2.67.